The number of thioether (sulfide) groups is 1. The molecule has 1 heterocycles. The lowest BCUT2D eigenvalue weighted by Crippen LogP contribution is -2.25. The molecule has 0 aromatic heterocycles. The molecule has 0 bridgehead atoms. The van der Waals surface area contributed by atoms with Crippen molar-refractivity contribution in [3.63, 3.8) is 0 Å². The minimum atomic E-state index is -0.195. The fraction of sp³-hybridized carbons (Fsp3) is 0.222. The first kappa shape index (κ1) is 16.4. The summed E-state index contributed by atoms with van der Waals surface area (Å²) in [5.74, 6) is 1.51. The van der Waals surface area contributed by atoms with E-state index >= 15 is 0 Å². The molecule has 2 N–H and O–H groups in total. The number of fused-ring (bicyclic) bond motifs is 1. The van der Waals surface area contributed by atoms with E-state index in [4.69, 9.17) is 4.74 Å². The number of hydrogen-bond acceptors (Lipinski definition) is 4. The van der Waals surface area contributed by atoms with Crippen molar-refractivity contribution in [2.45, 2.75) is 12.7 Å². The van der Waals surface area contributed by atoms with Gasteiger partial charge in [-0.15, -0.1) is 11.8 Å². The normalized spacial score (nSPS) is 12.8. The summed E-state index contributed by atoms with van der Waals surface area (Å²) in [6, 6.07) is 13.5. The summed E-state index contributed by atoms with van der Waals surface area (Å²) in [5, 5.41) is 5.56. The van der Waals surface area contributed by atoms with E-state index in [2.05, 4.69) is 35.8 Å². The number of carbonyl (C=O) groups excluding carboxylic acids is 2. The van der Waals surface area contributed by atoms with Gasteiger partial charge in [0.1, 0.15) is 5.75 Å². The summed E-state index contributed by atoms with van der Waals surface area (Å²) in [6.45, 7) is 2.08. The van der Waals surface area contributed by atoms with Crippen molar-refractivity contribution in [3.05, 3.63) is 53.6 Å². The van der Waals surface area contributed by atoms with E-state index in [1.54, 1.807) is 30.0 Å². The third-order valence-electron chi connectivity index (χ3n) is 3.48. The van der Waals surface area contributed by atoms with Crippen LogP contribution >= 0.6 is 11.8 Å². The maximum atomic E-state index is 12.1. The first-order chi connectivity index (χ1) is 11.6. The van der Waals surface area contributed by atoms with E-state index in [1.807, 2.05) is 6.07 Å². The Morgan fingerprint density at radius 3 is 3.00 bits per heavy atom. The highest BCUT2D eigenvalue weighted by atomic mass is 32.2. The van der Waals surface area contributed by atoms with Gasteiger partial charge in [-0.05, 0) is 30.7 Å². The molecular weight excluding hydrogens is 324 g/mol. The zero-order valence-electron chi connectivity index (χ0n) is 13.3. The van der Waals surface area contributed by atoms with Gasteiger partial charge in [-0.1, -0.05) is 29.8 Å². The van der Waals surface area contributed by atoms with E-state index in [1.165, 1.54) is 11.1 Å². The highest BCUT2D eigenvalue weighted by molar-refractivity contribution is 7.99. The van der Waals surface area contributed by atoms with E-state index in [9.17, 15) is 9.59 Å². The SMILES string of the molecule is Cc1cccc(CSCC(=O)Nc2ccc3c(c2)NC(=O)CO3)c1. The second kappa shape index (κ2) is 7.40. The van der Waals surface area contributed by atoms with Crippen molar-refractivity contribution in [2.75, 3.05) is 23.0 Å². The van der Waals surface area contributed by atoms with Gasteiger partial charge in [0.15, 0.2) is 6.61 Å². The van der Waals surface area contributed by atoms with Crippen LogP contribution < -0.4 is 15.4 Å². The smallest absolute Gasteiger partial charge is 0.262 e. The van der Waals surface area contributed by atoms with Crippen LogP contribution in [-0.4, -0.2) is 24.2 Å². The second-order valence-corrected chi connectivity index (χ2v) is 6.56. The van der Waals surface area contributed by atoms with Crippen molar-refractivity contribution >= 4 is 35.0 Å². The van der Waals surface area contributed by atoms with E-state index in [0.717, 1.165) is 5.75 Å². The third-order valence-corrected chi connectivity index (χ3v) is 4.48. The Morgan fingerprint density at radius 2 is 2.17 bits per heavy atom. The molecule has 0 aliphatic carbocycles. The van der Waals surface area contributed by atoms with E-state index < -0.39 is 0 Å². The van der Waals surface area contributed by atoms with Gasteiger partial charge in [0, 0.05) is 11.4 Å². The molecule has 3 rings (SSSR count). The largest absolute Gasteiger partial charge is 0.482 e. The van der Waals surface area contributed by atoms with Gasteiger partial charge in [0.2, 0.25) is 5.91 Å². The number of rotatable bonds is 5. The summed E-state index contributed by atoms with van der Waals surface area (Å²) >= 11 is 1.57. The number of amides is 2. The Balaban J connectivity index is 1.52. The summed E-state index contributed by atoms with van der Waals surface area (Å²) < 4.78 is 5.29. The average molecular weight is 342 g/mol. The Kier molecular flexibility index (Phi) is 5.05. The minimum Gasteiger partial charge on any atom is -0.482 e. The molecule has 2 amide bonds. The van der Waals surface area contributed by atoms with Gasteiger partial charge in [-0.2, -0.15) is 0 Å². The molecule has 0 radical (unpaired) electrons. The van der Waals surface area contributed by atoms with Gasteiger partial charge in [-0.3, -0.25) is 9.59 Å². The standard InChI is InChI=1S/C18H18N2O3S/c1-12-3-2-4-13(7-12)10-24-11-18(22)19-14-5-6-16-15(8-14)20-17(21)9-23-16/h2-8H,9-11H2,1H3,(H,19,22)(H,20,21). The molecule has 2 aromatic carbocycles. The number of benzene rings is 2. The van der Waals surface area contributed by atoms with Crippen molar-refractivity contribution in [2.24, 2.45) is 0 Å². The number of ether oxygens (including phenoxy) is 1. The fourth-order valence-corrected chi connectivity index (χ4v) is 3.20. The first-order valence-corrected chi connectivity index (χ1v) is 8.75. The van der Waals surface area contributed by atoms with Crippen molar-refractivity contribution in [1.82, 2.24) is 0 Å². The average Bonchev–Trinajstić information content (AvgIpc) is 2.54. The van der Waals surface area contributed by atoms with Crippen LogP contribution in [-0.2, 0) is 15.3 Å². The van der Waals surface area contributed by atoms with E-state index in [-0.39, 0.29) is 18.4 Å². The molecule has 6 heteroatoms. The fourth-order valence-electron chi connectivity index (χ4n) is 2.42. The summed E-state index contributed by atoms with van der Waals surface area (Å²) in [5.41, 5.74) is 3.65. The summed E-state index contributed by atoms with van der Waals surface area (Å²) in [4.78, 5) is 23.4. The topological polar surface area (TPSA) is 67.4 Å². The van der Waals surface area contributed by atoms with Crippen LogP contribution in [0.5, 0.6) is 5.75 Å². The third kappa shape index (κ3) is 4.29. The Hall–Kier alpha value is -2.47. The molecule has 0 saturated heterocycles. The zero-order valence-corrected chi connectivity index (χ0v) is 14.1. The zero-order chi connectivity index (χ0) is 16.9. The maximum absolute atomic E-state index is 12.1. The van der Waals surface area contributed by atoms with Gasteiger partial charge in [-0.25, -0.2) is 0 Å². The Morgan fingerprint density at radius 1 is 1.29 bits per heavy atom. The lowest BCUT2D eigenvalue weighted by molar-refractivity contribution is -0.118. The van der Waals surface area contributed by atoms with Gasteiger partial charge >= 0.3 is 0 Å². The van der Waals surface area contributed by atoms with Crippen LogP contribution in [0.1, 0.15) is 11.1 Å². The van der Waals surface area contributed by atoms with Gasteiger partial charge < -0.3 is 15.4 Å². The van der Waals surface area contributed by atoms with Crippen LogP contribution in [0.4, 0.5) is 11.4 Å². The number of carbonyl (C=O) groups is 2. The first-order valence-electron chi connectivity index (χ1n) is 7.60. The molecule has 2 aromatic rings. The minimum absolute atomic E-state index is 0.0221. The molecule has 1 aliphatic heterocycles. The number of aryl methyl sites for hydroxylation is 1. The van der Waals surface area contributed by atoms with Crippen LogP contribution in [0.25, 0.3) is 0 Å². The molecule has 124 valence electrons. The lowest BCUT2D eigenvalue weighted by Gasteiger charge is -2.18. The molecular formula is C18H18N2O3S. The molecule has 0 saturated carbocycles. The molecule has 0 atom stereocenters. The predicted octanol–water partition coefficient (Wildman–Crippen LogP) is 3.20. The predicted molar refractivity (Wildman–Crippen MR) is 96.5 cm³/mol. The molecule has 1 aliphatic rings. The van der Waals surface area contributed by atoms with Crippen molar-refractivity contribution in [3.8, 4) is 5.75 Å². The van der Waals surface area contributed by atoms with Gasteiger partial charge in [0.05, 0.1) is 11.4 Å². The second-order valence-electron chi connectivity index (χ2n) is 5.58. The molecule has 0 unspecified atom stereocenters. The summed E-state index contributed by atoms with van der Waals surface area (Å²) in [7, 11) is 0. The quantitative estimate of drug-likeness (QED) is 0.876. The Bertz CT molecular complexity index is 777. The number of hydrogen-bond donors (Lipinski definition) is 2. The number of nitrogens with one attached hydrogen (secondary N) is 2. The Labute approximate surface area is 144 Å². The number of anilines is 2. The van der Waals surface area contributed by atoms with Crippen LogP contribution in [0.15, 0.2) is 42.5 Å². The molecule has 0 fully saturated rings. The molecule has 24 heavy (non-hydrogen) atoms. The molecule has 0 spiro atoms. The van der Waals surface area contributed by atoms with Crippen LogP contribution in [0.3, 0.4) is 0 Å². The van der Waals surface area contributed by atoms with Crippen LogP contribution in [0.2, 0.25) is 0 Å². The highest BCUT2D eigenvalue weighted by Gasteiger charge is 2.16. The van der Waals surface area contributed by atoms with Crippen molar-refractivity contribution < 1.29 is 14.3 Å². The highest BCUT2D eigenvalue weighted by Crippen LogP contribution is 2.30. The van der Waals surface area contributed by atoms with Crippen molar-refractivity contribution in [1.29, 1.82) is 0 Å². The van der Waals surface area contributed by atoms with Crippen LogP contribution in [0, 0.1) is 6.92 Å². The monoisotopic (exact) mass is 342 g/mol. The lowest BCUT2D eigenvalue weighted by atomic mass is 10.2. The maximum Gasteiger partial charge on any atom is 0.262 e. The molecule has 5 nitrogen and oxygen atoms in total. The summed E-state index contributed by atoms with van der Waals surface area (Å²) in [6.07, 6.45) is 0. The van der Waals surface area contributed by atoms with Gasteiger partial charge in [0.25, 0.3) is 5.91 Å². The van der Waals surface area contributed by atoms with E-state index in [0.29, 0.717) is 22.9 Å².